The molecule has 0 aliphatic carbocycles. The highest BCUT2D eigenvalue weighted by Crippen LogP contribution is 2.31. The molecule has 43 heavy (non-hydrogen) atoms. The van der Waals surface area contributed by atoms with Gasteiger partial charge < -0.3 is 29.9 Å². The summed E-state index contributed by atoms with van der Waals surface area (Å²) in [4.78, 5) is 18.4. The van der Waals surface area contributed by atoms with E-state index in [2.05, 4.69) is 43.7 Å². The van der Waals surface area contributed by atoms with Crippen LogP contribution in [0.25, 0.3) is 10.9 Å². The summed E-state index contributed by atoms with van der Waals surface area (Å²) in [6.45, 7) is 6.92. The second-order valence-electron chi connectivity index (χ2n) is 11.2. The van der Waals surface area contributed by atoms with Crippen LogP contribution in [0.4, 0.5) is 26.0 Å². The van der Waals surface area contributed by atoms with Gasteiger partial charge in [-0.2, -0.15) is 5.10 Å². The number of hydrogen-bond donors (Lipinski definition) is 3. The van der Waals surface area contributed by atoms with Gasteiger partial charge in [0.1, 0.15) is 23.5 Å². The van der Waals surface area contributed by atoms with E-state index in [0.29, 0.717) is 46.8 Å². The first-order valence-corrected chi connectivity index (χ1v) is 14.7. The number of nitrogens with one attached hydrogen (secondary N) is 3. The van der Waals surface area contributed by atoms with Crippen LogP contribution in [-0.4, -0.2) is 73.5 Å². The molecule has 1 unspecified atom stereocenters. The van der Waals surface area contributed by atoms with Crippen LogP contribution >= 0.6 is 0 Å². The molecule has 6 rings (SSSR count). The number of halogens is 2. The van der Waals surface area contributed by atoms with Crippen LogP contribution in [0.15, 0.2) is 54.6 Å². The highest BCUT2D eigenvalue weighted by Gasteiger charge is 2.22. The molecule has 226 valence electrons. The van der Waals surface area contributed by atoms with Gasteiger partial charge in [0.2, 0.25) is 0 Å². The van der Waals surface area contributed by atoms with E-state index in [1.165, 1.54) is 12.1 Å². The molecule has 0 radical (unpaired) electrons. The lowest BCUT2D eigenvalue weighted by Crippen LogP contribution is -2.44. The third kappa shape index (κ3) is 6.73. The van der Waals surface area contributed by atoms with Crippen LogP contribution < -0.4 is 20.3 Å². The molecule has 1 atom stereocenters. The van der Waals surface area contributed by atoms with E-state index in [1.807, 2.05) is 12.1 Å². The largest absolute Gasteiger partial charge is 0.486 e. The molecule has 0 spiro atoms. The summed E-state index contributed by atoms with van der Waals surface area (Å²) in [5.41, 5.74) is 3.47. The SMILES string of the molecule is CC(Oc1ccc2[nH]nc(NC(=O)c3ccc(N4CCN(C)CC4)cc3NC3CCOCC3)c2c1)c1cc(F)cc(F)c1. The minimum Gasteiger partial charge on any atom is -0.486 e. The predicted octanol–water partition coefficient (Wildman–Crippen LogP) is 5.58. The lowest BCUT2D eigenvalue weighted by Gasteiger charge is -2.34. The quantitative estimate of drug-likeness (QED) is 0.247. The van der Waals surface area contributed by atoms with Crippen molar-refractivity contribution in [1.82, 2.24) is 15.1 Å². The fraction of sp³-hybridized carbons (Fsp3) is 0.375. The molecule has 0 saturated carbocycles. The van der Waals surface area contributed by atoms with Crippen molar-refractivity contribution >= 4 is 34.0 Å². The number of ether oxygens (including phenoxy) is 2. The lowest BCUT2D eigenvalue weighted by atomic mass is 10.1. The summed E-state index contributed by atoms with van der Waals surface area (Å²) in [5.74, 6) is -0.788. The van der Waals surface area contributed by atoms with Crippen LogP contribution in [0.2, 0.25) is 0 Å². The number of carbonyl (C=O) groups excluding carboxylic acids is 1. The van der Waals surface area contributed by atoms with E-state index in [1.54, 1.807) is 25.1 Å². The van der Waals surface area contributed by atoms with Gasteiger partial charge in [-0.25, -0.2) is 8.78 Å². The Kier molecular flexibility index (Phi) is 8.44. The molecule has 3 N–H and O–H groups in total. The highest BCUT2D eigenvalue weighted by atomic mass is 19.1. The first kappa shape index (κ1) is 28.9. The standard InChI is InChI=1S/C32H36F2N6O3/c1-20(21-15-22(33)17-23(34)16-21)43-26-4-6-29-28(19-26)31(38-37-29)36-32(41)27-5-3-25(40-11-9-39(2)10-12-40)18-30(27)35-24-7-13-42-14-8-24/h3-6,15-20,24,35H,7-14H2,1-2H3,(H2,36,37,38,41). The van der Waals surface area contributed by atoms with Crippen molar-refractivity contribution in [3.63, 3.8) is 0 Å². The number of rotatable bonds is 8. The number of aromatic nitrogens is 2. The van der Waals surface area contributed by atoms with Gasteiger partial charge in [-0.15, -0.1) is 0 Å². The maximum absolute atomic E-state index is 13.7. The molecule has 2 saturated heterocycles. The third-order valence-corrected chi connectivity index (χ3v) is 8.13. The number of aromatic amines is 1. The fourth-order valence-electron chi connectivity index (χ4n) is 5.59. The van der Waals surface area contributed by atoms with Crippen molar-refractivity contribution in [3.05, 3.63) is 77.4 Å². The Labute approximate surface area is 249 Å². The molecule has 11 heteroatoms. The van der Waals surface area contributed by atoms with Crippen LogP contribution in [0.1, 0.15) is 41.8 Å². The number of benzene rings is 3. The number of carbonyl (C=O) groups is 1. The number of nitrogens with zero attached hydrogens (tertiary/aromatic N) is 3. The Morgan fingerprint density at radius 2 is 1.77 bits per heavy atom. The van der Waals surface area contributed by atoms with E-state index in [-0.39, 0.29) is 11.9 Å². The second kappa shape index (κ2) is 12.6. The van der Waals surface area contributed by atoms with E-state index >= 15 is 0 Å². The van der Waals surface area contributed by atoms with E-state index in [4.69, 9.17) is 9.47 Å². The van der Waals surface area contributed by atoms with E-state index < -0.39 is 17.7 Å². The Morgan fingerprint density at radius 3 is 2.51 bits per heavy atom. The van der Waals surface area contributed by atoms with Crippen LogP contribution in [-0.2, 0) is 4.74 Å². The molecular formula is C32H36F2N6O3. The van der Waals surface area contributed by atoms with Gasteiger partial charge in [-0.1, -0.05) is 0 Å². The van der Waals surface area contributed by atoms with Gasteiger partial charge >= 0.3 is 0 Å². The topological polar surface area (TPSA) is 94.7 Å². The predicted molar refractivity (Wildman–Crippen MR) is 163 cm³/mol. The van der Waals surface area contributed by atoms with Crippen molar-refractivity contribution < 1.29 is 23.0 Å². The molecule has 0 bridgehead atoms. The Hall–Kier alpha value is -4.22. The number of piperazine rings is 1. The summed E-state index contributed by atoms with van der Waals surface area (Å²) < 4.78 is 39.0. The minimum atomic E-state index is -0.664. The smallest absolute Gasteiger partial charge is 0.258 e. The zero-order chi connectivity index (χ0) is 29.9. The molecule has 2 aliphatic heterocycles. The summed E-state index contributed by atoms with van der Waals surface area (Å²) in [6, 6.07) is 14.7. The van der Waals surface area contributed by atoms with Crippen LogP contribution in [0.5, 0.6) is 5.75 Å². The molecule has 2 aliphatic rings. The van der Waals surface area contributed by atoms with Gasteiger partial charge in [-0.3, -0.25) is 9.89 Å². The molecule has 1 amide bonds. The third-order valence-electron chi connectivity index (χ3n) is 8.13. The summed E-state index contributed by atoms with van der Waals surface area (Å²) >= 11 is 0. The monoisotopic (exact) mass is 590 g/mol. The fourth-order valence-corrected chi connectivity index (χ4v) is 5.59. The van der Waals surface area contributed by atoms with Gasteiger partial charge in [0.25, 0.3) is 5.91 Å². The van der Waals surface area contributed by atoms with E-state index in [9.17, 15) is 13.6 Å². The van der Waals surface area contributed by atoms with E-state index in [0.717, 1.165) is 56.5 Å². The second-order valence-corrected chi connectivity index (χ2v) is 11.2. The first-order valence-electron chi connectivity index (χ1n) is 14.7. The molecule has 4 aromatic rings. The zero-order valence-corrected chi connectivity index (χ0v) is 24.3. The summed E-state index contributed by atoms with van der Waals surface area (Å²) in [6.07, 6.45) is 1.13. The molecular weight excluding hydrogens is 554 g/mol. The Balaban J connectivity index is 1.23. The van der Waals surface area contributed by atoms with Crippen LogP contribution in [0.3, 0.4) is 0 Å². The Bertz CT molecular complexity index is 1580. The molecule has 9 nitrogen and oxygen atoms in total. The highest BCUT2D eigenvalue weighted by molar-refractivity contribution is 6.11. The maximum Gasteiger partial charge on any atom is 0.258 e. The Morgan fingerprint density at radius 1 is 1.02 bits per heavy atom. The number of H-pyrrole nitrogens is 1. The number of fused-ring (bicyclic) bond motifs is 1. The van der Waals surface area contributed by atoms with Crippen molar-refractivity contribution in [2.24, 2.45) is 0 Å². The first-order chi connectivity index (χ1) is 20.8. The normalized spacial score (nSPS) is 17.2. The van der Waals surface area contributed by atoms with Crippen LogP contribution in [0, 0.1) is 11.6 Å². The number of likely N-dealkylation sites (N-methyl/N-ethyl adjacent to an activating group) is 1. The average molecular weight is 591 g/mol. The number of amides is 1. The van der Waals surface area contributed by atoms with Gasteiger partial charge in [0.15, 0.2) is 5.82 Å². The van der Waals surface area contributed by atoms with Crippen molar-refractivity contribution in [2.45, 2.75) is 31.9 Å². The summed E-state index contributed by atoms with van der Waals surface area (Å²) in [7, 11) is 2.13. The average Bonchev–Trinajstić information content (AvgIpc) is 3.39. The number of anilines is 3. The molecule has 2 fully saturated rings. The molecule has 3 heterocycles. The van der Waals surface area contributed by atoms with Gasteiger partial charge in [0.05, 0.1) is 11.1 Å². The van der Waals surface area contributed by atoms with Gasteiger partial charge in [0, 0.05) is 68.3 Å². The number of hydrogen-bond acceptors (Lipinski definition) is 7. The summed E-state index contributed by atoms with van der Waals surface area (Å²) in [5, 5.41) is 14.5. The zero-order valence-electron chi connectivity index (χ0n) is 24.3. The van der Waals surface area contributed by atoms with Crippen molar-refractivity contribution in [1.29, 1.82) is 0 Å². The van der Waals surface area contributed by atoms with Gasteiger partial charge in [-0.05, 0) is 80.9 Å². The van der Waals surface area contributed by atoms with Crippen molar-refractivity contribution in [2.75, 3.05) is 62.0 Å². The maximum atomic E-state index is 13.7. The van der Waals surface area contributed by atoms with Crippen molar-refractivity contribution in [3.8, 4) is 5.75 Å². The molecule has 3 aromatic carbocycles. The lowest BCUT2D eigenvalue weighted by molar-refractivity contribution is 0.0904. The molecule has 1 aromatic heterocycles. The minimum absolute atomic E-state index is 0.211.